The second kappa shape index (κ2) is 6.41. The molecule has 0 amide bonds. The molecule has 5 heteroatoms. The molecule has 1 aromatic rings. The molecule has 1 aliphatic rings. The number of hydrogen-bond donors (Lipinski definition) is 0. The number of hydrogen-bond acceptors (Lipinski definition) is 2. The van der Waals surface area contributed by atoms with Crippen molar-refractivity contribution < 1.29 is 18.0 Å². The molecule has 1 saturated heterocycles. The van der Waals surface area contributed by atoms with Gasteiger partial charge in [0.15, 0.2) is 0 Å². The molecule has 1 aromatic carbocycles. The second-order valence-corrected chi connectivity index (χ2v) is 6.07. The number of piperidine rings is 1. The summed E-state index contributed by atoms with van der Waals surface area (Å²) in [5, 5.41) is 0. The number of ketones is 1. The summed E-state index contributed by atoms with van der Waals surface area (Å²) in [4.78, 5) is 14.4. The maximum absolute atomic E-state index is 12.6. The molecule has 0 spiro atoms. The van der Waals surface area contributed by atoms with Crippen LogP contribution in [0.2, 0.25) is 0 Å². The van der Waals surface area contributed by atoms with E-state index >= 15 is 0 Å². The first-order valence-corrected chi connectivity index (χ1v) is 7.72. The van der Waals surface area contributed by atoms with Crippen LogP contribution in [0.15, 0.2) is 24.3 Å². The van der Waals surface area contributed by atoms with Gasteiger partial charge in [-0.15, -0.1) is 0 Å². The maximum Gasteiger partial charge on any atom is 0.416 e. The number of benzene rings is 1. The predicted molar refractivity (Wildman–Crippen MR) is 79.4 cm³/mol. The molecule has 0 aliphatic carbocycles. The van der Waals surface area contributed by atoms with Gasteiger partial charge in [0, 0.05) is 31.5 Å². The van der Waals surface area contributed by atoms with E-state index in [1.165, 1.54) is 12.1 Å². The van der Waals surface area contributed by atoms with Gasteiger partial charge in [-0.1, -0.05) is 26.0 Å². The zero-order valence-electron chi connectivity index (χ0n) is 13.0. The van der Waals surface area contributed by atoms with Crippen molar-refractivity contribution in [1.82, 2.24) is 4.90 Å². The third-order valence-electron chi connectivity index (χ3n) is 4.81. The summed E-state index contributed by atoms with van der Waals surface area (Å²) in [5.41, 5.74) is -0.0607. The van der Waals surface area contributed by atoms with Crippen LogP contribution in [0.1, 0.15) is 44.2 Å². The zero-order valence-corrected chi connectivity index (χ0v) is 13.0. The molecule has 1 heterocycles. The van der Waals surface area contributed by atoms with Crippen LogP contribution in [0.3, 0.4) is 0 Å². The maximum atomic E-state index is 12.6. The highest BCUT2D eigenvalue weighted by Gasteiger charge is 2.39. The number of alkyl halides is 3. The number of carbonyl (C=O) groups excluding carboxylic acids is 1. The van der Waals surface area contributed by atoms with Gasteiger partial charge in [0.25, 0.3) is 0 Å². The van der Waals surface area contributed by atoms with Crippen LogP contribution < -0.4 is 0 Å². The minimum absolute atomic E-state index is 0.288. The van der Waals surface area contributed by atoms with E-state index in [1.54, 1.807) is 0 Å². The Morgan fingerprint density at radius 1 is 1.14 bits per heavy atom. The highest BCUT2D eigenvalue weighted by Crippen LogP contribution is 2.34. The van der Waals surface area contributed by atoms with E-state index in [2.05, 4.69) is 4.90 Å². The normalized spacial score (nSPS) is 19.4. The smallest absolute Gasteiger partial charge is 0.299 e. The fourth-order valence-corrected chi connectivity index (χ4v) is 3.18. The van der Waals surface area contributed by atoms with Crippen molar-refractivity contribution in [2.45, 2.75) is 45.8 Å². The average Bonchev–Trinajstić information content (AvgIpc) is 2.49. The van der Waals surface area contributed by atoms with Gasteiger partial charge in [-0.05, 0) is 30.5 Å². The minimum atomic E-state index is -4.30. The molecule has 0 radical (unpaired) electrons. The van der Waals surface area contributed by atoms with Gasteiger partial charge in [0.1, 0.15) is 5.78 Å². The van der Waals surface area contributed by atoms with E-state index in [9.17, 15) is 18.0 Å². The Kier molecular flexibility index (Phi) is 4.95. The molecule has 0 N–H and O–H groups in total. The van der Waals surface area contributed by atoms with Crippen LogP contribution in [0.5, 0.6) is 0 Å². The summed E-state index contributed by atoms with van der Waals surface area (Å²) in [7, 11) is 0. The Morgan fingerprint density at radius 3 is 2.23 bits per heavy atom. The molecule has 2 nitrogen and oxygen atoms in total. The Balaban J connectivity index is 2.06. The van der Waals surface area contributed by atoms with Crippen molar-refractivity contribution in [2.75, 3.05) is 13.1 Å². The first-order valence-electron chi connectivity index (χ1n) is 7.72. The second-order valence-electron chi connectivity index (χ2n) is 6.07. The topological polar surface area (TPSA) is 20.3 Å². The molecule has 0 atom stereocenters. The van der Waals surface area contributed by atoms with Crippen LogP contribution in [0, 0.1) is 5.41 Å². The Hall–Kier alpha value is -1.36. The van der Waals surface area contributed by atoms with Crippen molar-refractivity contribution in [2.24, 2.45) is 5.41 Å². The van der Waals surface area contributed by atoms with Crippen molar-refractivity contribution in [1.29, 1.82) is 0 Å². The lowest BCUT2D eigenvalue weighted by Gasteiger charge is -2.40. The number of Topliss-reactive ketones (excluding diaryl/α,β-unsaturated/α-hetero) is 1. The Labute approximate surface area is 129 Å². The van der Waals surface area contributed by atoms with Crippen LogP contribution in [-0.4, -0.2) is 23.8 Å². The molecule has 0 aromatic heterocycles. The largest absolute Gasteiger partial charge is 0.416 e. The molecular weight excluding hydrogens is 291 g/mol. The fraction of sp³-hybridized carbons (Fsp3) is 0.588. The Morgan fingerprint density at radius 2 is 1.73 bits per heavy atom. The first-order chi connectivity index (χ1) is 10.3. The van der Waals surface area contributed by atoms with E-state index in [4.69, 9.17) is 0 Å². The summed E-state index contributed by atoms with van der Waals surface area (Å²) in [6, 6.07) is 5.30. The molecule has 22 heavy (non-hydrogen) atoms. The summed E-state index contributed by atoms with van der Waals surface area (Å²) >= 11 is 0. The molecule has 122 valence electrons. The van der Waals surface area contributed by atoms with E-state index in [-0.39, 0.29) is 5.41 Å². The summed E-state index contributed by atoms with van der Waals surface area (Å²) < 4.78 is 37.7. The number of carbonyl (C=O) groups is 1. The third-order valence-corrected chi connectivity index (χ3v) is 4.81. The van der Waals surface area contributed by atoms with Gasteiger partial charge in [-0.2, -0.15) is 13.2 Å². The number of nitrogens with zero attached hydrogens (tertiary/aromatic N) is 1. The molecule has 1 fully saturated rings. The van der Waals surface area contributed by atoms with Gasteiger partial charge in [-0.3, -0.25) is 9.69 Å². The minimum Gasteiger partial charge on any atom is -0.299 e. The van der Waals surface area contributed by atoms with E-state index < -0.39 is 11.7 Å². The van der Waals surface area contributed by atoms with Crippen LogP contribution in [0.4, 0.5) is 13.2 Å². The van der Waals surface area contributed by atoms with Crippen LogP contribution >= 0.6 is 0 Å². The molecule has 0 unspecified atom stereocenters. The van der Waals surface area contributed by atoms with Gasteiger partial charge in [-0.25, -0.2) is 0 Å². The van der Waals surface area contributed by atoms with Crippen molar-refractivity contribution in [3.05, 3.63) is 35.4 Å². The highest BCUT2D eigenvalue weighted by atomic mass is 19.4. The summed E-state index contributed by atoms with van der Waals surface area (Å²) in [6.07, 6.45) is -2.14. The first kappa shape index (κ1) is 17.0. The van der Waals surface area contributed by atoms with Crippen molar-refractivity contribution >= 4 is 5.78 Å². The number of rotatable bonds is 4. The van der Waals surface area contributed by atoms with Gasteiger partial charge >= 0.3 is 6.18 Å². The third kappa shape index (κ3) is 3.51. The average molecular weight is 313 g/mol. The lowest BCUT2D eigenvalue weighted by Crippen LogP contribution is -2.48. The summed E-state index contributed by atoms with van der Waals surface area (Å²) in [5.74, 6) is 0.321. The predicted octanol–water partition coefficient (Wildman–Crippen LogP) is 4.29. The zero-order chi connectivity index (χ0) is 16.4. The molecule has 0 saturated carbocycles. The molecule has 1 aliphatic heterocycles. The SMILES string of the molecule is CCC1(CC)CN(Cc2ccc(C(F)(F)F)cc2)CCC1=O. The molecule has 0 bridgehead atoms. The van der Waals surface area contributed by atoms with Gasteiger partial charge in [0.05, 0.1) is 5.56 Å². The molecular formula is C17H22F3NO. The highest BCUT2D eigenvalue weighted by molar-refractivity contribution is 5.85. The van der Waals surface area contributed by atoms with Crippen molar-refractivity contribution in [3.8, 4) is 0 Å². The van der Waals surface area contributed by atoms with E-state index in [0.29, 0.717) is 31.8 Å². The van der Waals surface area contributed by atoms with Crippen LogP contribution in [0.25, 0.3) is 0 Å². The van der Waals surface area contributed by atoms with Crippen molar-refractivity contribution in [3.63, 3.8) is 0 Å². The van der Waals surface area contributed by atoms with Gasteiger partial charge in [0.2, 0.25) is 0 Å². The van der Waals surface area contributed by atoms with E-state index in [1.807, 2.05) is 13.8 Å². The fourth-order valence-electron chi connectivity index (χ4n) is 3.18. The summed E-state index contributed by atoms with van der Waals surface area (Å²) in [6.45, 7) is 6.03. The monoisotopic (exact) mass is 313 g/mol. The Bertz CT molecular complexity index is 518. The number of likely N-dealkylation sites (tertiary alicyclic amines) is 1. The lowest BCUT2D eigenvalue weighted by atomic mass is 9.74. The standard InChI is InChI=1S/C17H22F3NO/c1-3-16(4-2)12-21(10-9-15(16)22)11-13-5-7-14(8-6-13)17(18,19)20/h5-8H,3-4,9-12H2,1-2H3. The number of halogens is 3. The molecule has 2 rings (SSSR count). The van der Waals surface area contributed by atoms with Crippen LogP contribution in [-0.2, 0) is 17.5 Å². The lowest BCUT2D eigenvalue weighted by molar-refractivity contribution is -0.137. The van der Waals surface area contributed by atoms with Gasteiger partial charge < -0.3 is 0 Å². The van der Waals surface area contributed by atoms with E-state index in [0.717, 1.165) is 30.5 Å². The quantitative estimate of drug-likeness (QED) is 0.826.